The van der Waals surface area contributed by atoms with E-state index in [4.69, 9.17) is 0 Å². The van der Waals surface area contributed by atoms with Crippen molar-refractivity contribution in [2.45, 2.75) is 32.2 Å². The summed E-state index contributed by atoms with van der Waals surface area (Å²) in [4.78, 5) is 24.1. The molecule has 0 aromatic carbocycles. The predicted octanol–water partition coefficient (Wildman–Crippen LogP) is 0.442. The first-order chi connectivity index (χ1) is 9.98. The summed E-state index contributed by atoms with van der Waals surface area (Å²) in [6, 6.07) is -1.06. The number of nitrogens with one attached hydrogen (secondary N) is 2. The summed E-state index contributed by atoms with van der Waals surface area (Å²) >= 11 is 0. The maximum atomic E-state index is 12.6. The molecule has 1 aromatic heterocycles. The predicted molar refractivity (Wildman–Crippen MR) is 76.6 cm³/mol. The van der Waals surface area contributed by atoms with Gasteiger partial charge in [-0.25, -0.2) is 4.79 Å². The lowest BCUT2D eigenvalue weighted by Crippen LogP contribution is -2.51. The highest BCUT2D eigenvalue weighted by Crippen LogP contribution is 2.31. The summed E-state index contributed by atoms with van der Waals surface area (Å²) in [5, 5.41) is 19.2. The molecule has 3 N–H and O–H groups in total. The number of nitrogens with zero attached hydrogens (tertiary/aromatic N) is 2. The summed E-state index contributed by atoms with van der Waals surface area (Å²) < 4.78 is 1.52. The summed E-state index contributed by atoms with van der Waals surface area (Å²) in [5.41, 5.74) is -0.0397. The molecule has 1 saturated heterocycles. The zero-order valence-corrected chi connectivity index (χ0v) is 12.4. The van der Waals surface area contributed by atoms with Crippen molar-refractivity contribution in [1.82, 2.24) is 20.4 Å². The molecule has 2 atom stereocenters. The van der Waals surface area contributed by atoms with E-state index in [0.29, 0.717) is 18.5 Å². The van der Waals surface area contributed by atoms with Crippen LogP contribution >= 0.6 is 0 Å². The molecule has 1 aromatic rings. The van der Waals surface area contributed by atoms with E-state index in [1.54, 1.807) is 13.2 Å². The molecular formula is C14H22N4O3. The lowest BCUT2D eigenvalue weighted by Gasteiger charge is -2.36. The minimum Gasteiger partial charge on any atom is -0.479 e. The molecule has 21 heavy (non-hydrogen) atoms. The van der Waals surface area contributed by atoms with E-state index in [-0.39, 0.29) is 5.91 Å². The molecular weight excluding hydrogens is 272 g/mol. The molecule has 0 aliphatic carbocycles. The number of aryl methyl sites for hydroxylation is 1. The van der Waals surface area contributed by atoms with Gasteiger partial charge in [-0.15, -0.1) is 0 Å². The van der Waals surface area contributed by atoms with Crippen molar-refractivity contribution in [3.8, 4) is 0 Å². The highest BCUT2D eigenvalue weighted by Gasteiger charge is 2.39. The van der Waals surface area contributed by atoms with E-state index in [1.807, 2.05) is 6.92 Å². The Morgan fingerprint density at radius 2 is 2.38 bits per heavy atom. The Balaban J connectivity index is 2.16. The van der Waals surface area contributed by atoms with Crippen LogP contribution in [0.15, 0.2) is 12.4 Å². The first kappa shape index (κ1) is 15.5. The van der Waals surface area contributed by atoms with Crippen LogP contribution in [-0.2, 0) is 16.6 Å². The van der Waals surface area contributed by atoms with Crippen molar-refractivity contribution >= 4 is 11.9 Å². The first-order valence-electron chi connectivity index (χ1n) is 7.21. The SMILES string of the molecule is CCC1(C(=O)NC(C(=O)O)c2cnn(C)c2)CCCNC1. The number of rotatable bonds is 5. The van der Waals surface area contributed by atoms with Gasteiger partial charge in [-0.05, 0) is 25.8 Å². The van der Waals surface area contributed by atoms with E-state index in [1.165, 1.54) is 10.9 Å². The largest absolute Gasteiger partial charge is 0.479 e. The number of carboxylic acids is 1. The number of amides is 1. The number of carbonyl (C=O) groups is 2. The zero-order valence-electron chi connectivity index (χ0n) is 12.4. The molecule has 1 fully saturated rings. The normalized spacial score (nSPS) is 23.5. The smallest absolute Gasteiger partial charge is 0.331 e. The Bertz CT molecular complexity index is 520. The molecule has 0 spiro atoms. The molecule has 0 bridgehead atoms. The van der Waals surface area contributed by atoms with Crippen LogP contribution in [0.2, 0.25) is 0 Å². The third kappa shape index (κ3) is 3.24. The van der Waals surface area contributed by atoms with Gasteiger partial charge in [0, 0.05) is 25.4 Å². The minimum absolute atomic E-state index is 0.201. The van der Waals surface area contributed by atoms with Gasteiger partial charge in [0.05, 0.1) is 11.6 Å². The molecule has 1 amide bonds. The fraction of sp³-hybridized carbons (Fsp3) is 0.643. The average molecular weight is 294 g/mol. The van der Waals surface area contributed by atoms with Crippen LogP contribution in [-0.4, -0.2) is 39.9 Å². The molecule has 2 rings (SSSR count). The number of hydrogen-bond donors (Lipinski definition) is 3. The summed E-state index contributed by atoms with van der Waals surface area (Å²) in [5.74, 6) is -1.28. The van der Waals surface area contributed by atoms with Crippen molar-refractivity contribution in [3.05, 3.63) is 18.0 Å². The number of carboxylic acid groups (broad SMARTS) is 1. The molecule has 1 aliphatic rings. The third-order valence-corrected chi connectivity index (χ3v) is 4.21. The Morgan fingerprint density at radius 1 is 1.62 bits per heavy atom. The van der Waals surface area contributed by atoms with E-state index < -0.39 is 17.4 Å². The molecule has 7 heteroatoms. The van der Waals surface area contributed by atoms with E-state index in [0.717, 1.165) is 19.4 Å². The van der Waals surface area contributed by atoms with Gasteiger partial charge in [-0.2, -0.15) is 5.10 Å². The van der Waals surface area contributed by atoms with Crippen LogP contribution in [0.3, 0.4) is 0 Å². The lowest BCUT2D eigenvalue weighted by atomic mass is 9.77. The fourth-order valence-electron chi connectivity index (χ4n) is 2.79. The highest BCUT2D eigenvalue weighted by atomic mass is 16.4. The topological polar surface area (TPSA) is 96.2 Å². The molecule has 2 unspecified atom stereocenters. The summed E-state index contributed by atoms with van der Waals surface area (Å²) in [7, 11) is 1.71. The summed E-state index contributed by atoms with van der Waals surface area (Å²) in [6.07, 6.45) is 5.46. The first-order valence-corrected chi connectivity index (χ1v) is 7.21. The van der Waals surface area contributed by atoms with Gasteiger partial charge in [-0.3, -0.25) is 9.48 Å². The molecule has 1 aliphatic heterocycles. The number of piperidine rings is 1. The van der Waals surface area contributed by atoms with Gasteiger partial charge < -0.3 is 15.7 Å². The Labute approximate surface area is 123 Å². The number of aromatic nitrogens is 2. The quantitative estimate of drug-likeness (QED) is 0.732. The molecule has 0 saturated carbocycles. The second kappa shape index (κ2) is 6.26. The van der Waals surface area contributed by atoms with Crippen LogP contribution in [0.4, 0.5) is 0 Å². The number of carbonyl (C=O) groups excluding carboxylic acids is 1. The second-order valence-electron chi connectivity index (χ2n) is 5.61. The van der Waals surface area contributed by atoms with Gasteiger partial charge >= 0.3 is 5.97 Å². The van der Waals surface area contributed by atoms with Gasteiger partial charge in [0.25, 0.3) is 0 Å². The van der Waals surface area contributed by atoms with E-state index >= 15 is 0 Å². The molecule has 2 heterocycles. The van der Waals surface area contributed by atoms with Crippen LogP contribution in [0.25, 0.3) is 0 Å². The van der Waals surface area contributed by atoms with E-state index in [9.17, 15) is 14.7 Å². The Hall–Kier alpha value is -1.89. The fourth-order valence-corrected chi connectivity index (χ4v) is 2.79. The standard InChI is InChI=1S/C14H22N4O3/c1-3-14(5-4-6-15-9-14)13(21)17-11(12(19)20)10-7-16-18(2)8-10/h7-8,11,15H,3-6,9H2,1-2H3,(H,17,21)(H,19,20). The molecule has 0 radical (unpaired) electrons. The summed E-state index contributed by atoms with van der Waals surface area (Å²) in [6.45, 7) is 3.46. The van der Waals surface area contributed by atoms with Crippen LogP contribution in [0, 0.1) is 5.41 Å². The maximum Gasteiger partial charge on any atom is 0.331 e. The third-order valence-electron chi connectivity index (χ3n) is 4.21. The number of hydrogen-bond acceptors (Lipinski definition) is 4. The van der Waals surface area contributed by atoms with Gasteiger partial charge in [0.1, 0.15) is 0 Å². The molecule has 7 nitrogen and oxygen atoms in total. The highest BCUT2D eigenvalue weighted by molar-refractivity contribution is 5.88. The van der Waals surface area contributed by atoms with Gasteiger partial charge in [0.2, 0.25) is 5.91 Å². The minimum atomic E-state index is -1.08. The molecule has 116 valence electrons. The number of aliphatic carboxylic acids is 1. The van der Waals surface area contributed by atoms with Crippen molar-refractivity contribution in [2.75, 3.05) is 13.1 Å². The van der Waals surface area contributed by atoms with Crippen LogP contribution < -0.4 is 10.6 Å². The maximum absolute atomic E-state index is 12.6. The lowest BCUT2D eigenvalue weighted by molar-refractivity contribution is -0.144. The van der Waals surface area contributed by atoms with Gasteiger partial charge in [-0.1, -0.05) is 6.92 Å². The van der Waals surface area contributed by atoms with Crippen molar-refractivity contribution in [1.29, 1.82) is 0 Å². The second-order valence-corrected chi connectivity index (χ2v) is 5.61. The van der Waals surface area contributed by atoms with Gasteiger partial charge in [0.15, 0.2) is 6.04 Å². The van der Waals surface area contributed by atoms with E-state index in [2.05, 4.69) is 15.7 Å². The van der Waals surface area contributed by atoms with Crippen molar-refractivity contribution in [2.24, 2.45) is 12.5 Å². The zero-order chi connectivity index (χ0) is 15.5. The Kier molecular flexibility index (Phi) is 4.62. The monoisotopic (exact) mass is 294 g/mol. The Morgan fingerprint density at radius 3 is 2.86 bits per heavy atom. The van der Waals surface area contributed by atoms with Crippen molar-refractivity contribution < 1.29 is 14.7 Å². The van der Waals surface area contributed by atoms with Crippen molar-refractivity contribution in [3.63, 3.8) is 0 Å². The average Bonchev–Trinajstić information content (AvgIpc) is 2.91. The van der Waals surface area contributed by atoms with Crippen LogP contribution in [0.1, 0.15) is 37.8 Å². The van der Waals surface area contributed by atoms with Crippen LogP contribution in [0.5, 0.6) is 0 Å².